The number of carboxylic acids is 1. The highest BCUT2D eigenvalue weighted by Gasteiger charge is 2.36. The molecule has 0 unspecified atom stereocenters. The first kappa shape index (κ1) is 22.8. The van der Waals surface area contributed by atoms with Gasteiger partial charge >= 0.3 is 5.97 Å². The highest BCUT2D eigenvalue weighted by molar-refractivity contribution is 5.66. The third-order valence-electron chi connectivity index (χ3n) is 4.56. The summed E-state index contributed by atoms with van der Waals surface area (Å²) in [6.45, 7) is 2.12. The number of ether oxygens (including phenoxy) is 1. The molecule has 4 N–H and O–H groups in total. The summed E-state index contributed by atoms with van der Waals surface area (Å²) < 4.78 is 5.76. The lowest BCUT2D eigenvalue weighted by atomic mass is 10.0. The molecular formula is C20H34O6. The summed E-state index contributed by atoms with van der Waals surface area (Å²) in [5.74, 6) is -0.804. The number of hydrogen-bond donors (Lipinski definition) is 4. The molecule has 6 nitrogen and oxygen atoms in total. The molecule has 0 saturated carbocycles. The number of aliphatic carboxylic acids is 1. The van der Waals surface area contributed by atoms with Gasteiger partial charge in [-0.3, -0.25) is 4.79 Å². The summed E-state index contributed by atoms with van der Waals surface area (Å²) in [7, 11) is 0. The van der Waals surface area contributed by atoms with Crippen molar-refractivity contribution in [2.45, 2.75) is 95.2 Å². The van der Waals surface area contributed by atoms with Crippen molar-refractivity contribution >= 4 is 5.97 Å². The van der Waals surface area contributed by atoms with Crippen LogP contribution in [0.25, 0.3) is 0 Å². The van der Waals surface area contributed by atoms with Crippen LogP contribution in [0.15, 0.2) is 24.3 Å². The monoisotopic (exact) mass is 370 g/mol. The van der Waals surface area contributed by atoms with E-state index in [1.165, 1.54) is 12.2 Å². The van der Waals surface area contributed by atoms with Gasteiger partial charge in [-0.1, -0.05) is 50.5 Å². The highest BCUT2D eigenvalue weighted by atomic mass is 16.5. The van der Waals surface area contributed by atoms with Gasteiger partial charge in [0.25, 0.3) is 0 Å². The van der Waals surface area contributed by atoms with Gasteiger partial charge in [-0.05, 0) is 25.7 Å². The molecule has 1 heterocycles. The molecule has 0 bridgehead atoms. The molecule has 0 spiro atoms. The molecule has 1 aliphatic heterocycles. The smallest absolute Gasteiger partial charge is 0.303 e. The normalized spacial score (nSPS) is 25.9. The Morgan fingerprint density at radius 2 is 1.96 bits per heavy atom. The van der Waals surface area contributed by atoms with Crippen LogP contribution in [-0.2, 0) is 9.53 Å². The van der Waals surface area contributed by atoms with Crippen LogP contribution in [0.1, 0.15) is 64.7 Å². The maximum absolute atomic E-state index is 10.4. The van der Waals surface area contributed by atoms with Crippen molar-refractivity contribution in [3.63, 3.8) is 0 Å². The quantitative estimate of drug-likeness (QED) is 0.293. The van der Waals surface area contributed by atoms with Crippen molar-refractivity contribution in [2.75, 3.05) is 0 Å². The maximum atomic E-state index is 10.4. The summed E-state index contributed by atoms with van der Waals surface area (Å²) in [6, 6.07) is 0. The Labute approximate surface area is 156 Å². The Kier molecular flexibility index (Phi) is 11.4. The summed E-state index contributed by atoms with van der Waals surface area (Å²) in [5, 5.41) is 38.7. The molecule has 0 aromatic heterocycles. The number of rotatable bonds is 13. The second kappa shape index (κ2) is 13.0. The van der Waals surface area contributed by atoms with Gasteiger partial charge in [0, 0.05) is 12.8 Å². The number of aliphatic hydroxyl groups is 3. The first-order valence-corrected chi connectivity index (χ1v) is 9.68. The minimum absolute atomic E-state index is 0.145. The first-order chi connectivity index (χ1) is 12.4. The van der Waals surface area contributed by atoms with E-state index in [-0.39, 0.29) is 12.5 Å². The minimum atomic E-state index is -0.852. The zero-order valence-electron chi connectivity index (χ0n) is 15.7. The summed E-state index contributed by atoms with van der Waals surface area (Å²) in [6.07, 6.45) is 10.2. The molecule has 1 rings (SSSR count). The molecule has 0 aliphatic carbocycles. The third-order valence-corrected chi connectivity index (χ3v) is 4.56. The predicted octanol–water partition coefficient (Wildman–Crippen LogP) is 2.56. The molecule has 0 amide bonds. The van der Waals surface area contributed by atoms with E-state index in [0.717, 1.165) is 25.7 Å². The van der Waals surface area contributed by atoms with Crippen LogP contribution in [0.2, 0.25) is 0 Å². The lowest BCUT2D eigenvalue weighted by Crippen LogP contribution is -2.25. The Bertz CT molecular complexity index is 448. The fourth-order valence-corrected chi connectivity index (χ4v) is 3.01. The zero-order valence-corrected chi connectivity index (χ0v) is 15.7. The van der Waals surface area contributed by atoms with Crippen LogP contribution < -0.4 is 0 Å². The SMILES string of the molecule is CCCCC[C@@H]1O[C@@H]([C@H](O)/C=C\[C@H](O)C/C=C\CCCC(=O)O)C[C@@H]1O. The second-order valence-electron chi connectivity index (χ2n) is 6.95. The van der Waals surface area contributed by atoms with Gasteiger partial charge in [-0.15, -0.1) is 0 Å². The highest BCUT2D eigenvalue weighted by Crippen LogP contribution is 2.27. The van der Waals surface area contributed by atoms with Gasteiger partial charge in [0.05, 0.1) is 30.5 Å². The molecular weight excluding hydrogens is 336 g/mol. The fourth-order valence-electron chi connectivity index (χ4n) is 3.01. The molecule has 6 heteroatoms. The number of allylic oxidation sites excluding steroid dienone is 1. The number of unbranched alkanes of at least 4 members (excludes halogenated alkanes) is 3. The largest absolute Gasteiger partial charge is 0.481 e. The average molecular weight is 370 g/mol. The Hall–Kier alpha value is -1.21. The molecule has 0 radical (unpaired) electrons. The van der Waals surface area contributed by atoms with Gasteiger partial charge in [-0.25, -0.2) is 0 Å². The molecule has 0 aromatic rings. The van der Waals surface area contributed by atoms with Crippen LogP contribution in [0.4, 0.5) is 0 Å². The van der Waals surface area contributed by atoms with Crippen molar-refractivity contribution < 1.29 is 30.0 Å². The summed E-state index contributed by atoms with van der Waals surface area (Å²) >= 11 is 0. The number of aliphatic hydroxyl groups excluding tert-OH is 3. The van der Waals surface area contributed by atoms with E-state index in [2.05, 4.69) is 6.92 Å². The van der Waals surface area contributed by atoms with Crippen LogP contribution in [-0.4, -0.2) is 56.9 Å². The van der Waals surface area contributed by atoms with E-state index in [1.807, 2.05) is 12.2 Å². The van der Waals surface area contributed by atoms with E-state index in [9.17, 15) is 20.1 Å². The lowest BCUT2D eigenvalue weighted by molar-refractivity contribution is -0.137. The van der Waals surface area contributed by atoms with E-state index < -0.39 is 30.4 Å². The summed E-state index contributed by atoms with van der Waals surface area (Å²) in [5.41, 5.74) is 0. The third kappa shape index (κ3) is 9.48. The fraction of sp³-hybridized carbons (Fsp3) is 0.750. The number of carbonyl (C=O) groups is 1. The maximum Gasteiger partial charge on any atom is 0.303 e. The number of hydrogen-bond acceptors (Lipinski definition) is 5. The van der Waals surface area contributed by atoms with Crippen molar-refractivity contribution in [1.82, 2.24) is 0 Å². The van der Waals surface area contributed by atoms with Gasteiger partial charge in [0.15, 0.2) is 0 Å². The predicted molar refractivity (Wildman–Crippen MR) is 99.8 cm³/mol. The van der Waals surface area contributed by atoms with E-state index in [1.54, 1.807) is 0 Å². The molecule has 150 valence electrons. The van der Waals surface area contributed by atoms with Gasteiger partial charge < -0.3 is 25.2 Å². The van der Waals surface area contributed by atoms with Crippen LogP contribution in [0, 0.1) is 0 Å². The van der Waals surface area contributed by atoms with Gasteiger partial charge in [0.1, 0.15) is 0 Å². The Morgan fingerprint density at radius 3 is 2.65 bits per heavy atom. The Morgan fingerprint density at radius 1 is 1.19 bits per heavy atom. The van der Waals surface area contributed by atoms with Crippen LogP contribution in [0.5, 0.6) is 0 Å². The summed E-state index contributed by atoms with van der Waals surface area (Å²) in [4.78, 5) is 10.4. The molecule has 1 fully saturated rings. The molecule has 1 aliphatic rings. The molecule has 1 saturated heterocycles. The van der Waals surface area contributed by atoms with Crippen molar-refractivity contribution in [3.8, 4) is 0 Å². The molecule has 5 atom stereocenters. The minimum Gasteiger partial charge on any atom is -0.481 e. The first-order valence-electron chi connectivity index (χ1n) is 9.68. The topological polar surface area (TPSA) is 107 Å². The average Bonchev–Trinajstić information content (AvgIpc) is 2.97. The van der Waals surface area contributed by atoms with Gasteiger partial charge in [-0.2, -0.15) is 0 Å². The van der Waals surface area contributed by atoms with Crippen LogP contribution >= 0.6 is 0 Å². The van der Waals surface area contributed by atoms with E-state index in [4.69, 9.17) is 9.84 Å². The van der Waals surface area contributed by atoms with E-state index in [0.29, 0.717) is 25.7 Å². The van der Waals surface area contributed by atoms with Crippen molar-refractivity contribution in [3.05, 3.63) is 24.3 Å². The number of carboxylic acid groups (broad SMARTS) is 1. The zero-order chi connectivity index (χ0) is 19.4. The molecule has 26 heavy (non-hydrogen) atoms. The Balaban J connectivity index is 2.27. The van der Waals surface area contributed by atoms with Crippen molar-refractivity contribution in [1.29, 1.82) is 0 Å². The van der Waals surface area contributed by atoms with Crippen molar-refractivity contribution in [2.24, 2.45) is 0 Å². The van der Waals surface area contributed by atoms with Gasteiger partial charge in [0.2, 0.25) is 0 Å². The standard InChI is InChI=1S/C20H34O6/c1-2-3-6-10-18-17(23)14-19(26-18)16(22)13-12-15(21)9-7-4-5-8-11-20(24)25/h4,7,12-13,15-19,21-23H,2-3,5-6,8-11,14H2,1H3,(H,24,25)/b7-4-,13-12-/t15-,16-,17+,18+,19-/m1/s1. The van der Waals surface area contributed by atoms with Crippen LogP contribution in [0.3, 0.4) is 0 Å². The second-order valence-corrected chi connectivity index (χ2v) is 6.95. The molecule has 0 aromatic carbocycles. The van der Waals surface area contributed by atoms with E-state index >= 15 is 0 Å². The lowest BCUT2D eigenvalue weighted by Gasteiger charge is -2.17.